The predicted octanol–water partition coefficient (Wildman–Crippen LogP) is 0.202. The standard InChI is InChI=1S/C6H10O5/c1-3-4(5(7)10-2)6(8)11-9/h4,9H,3H2,1-2H3. The van der Waals surface area contributed by atoms with Gasteiger partial charge in [0.1, 0.15) is 0 Å². The number of hydrogen-bond donors (Lipinski definition) is 1. The number of ether oxygens (including phenoxy) is 1. The van der Waals surface area contributed by atoms with Gasteiger partial charge < -0.3 is 9.62 Å². The second-order valence-corrected chi connectivity index (χ2v) is 1.89. The Labute approximate surface area is 63.8 Å². The Morgan fingerprint density at radius 1 is 1.45 bits per heavy atom. The lowest BCUT2D eigenvalue weighted by atomic mass is 10.1. The Morgan fingerprint density at radius 2 is 2.00 bits per heavy atom. The average Bonchev–Trinajstić information content (AvgIpc) is 2.05. The van der Waals surface area contributed by atoms with Crippen LogP contribution in [0.5, 0.6) is 0 Å². The molecule has 64 valence electrons. The normalized spacial score (nSPS) is 11.9. The number of carbonyl (C=O) groups is 2. The number of esters is 1. The van der Waals surface area contributed by atoms with Crippen LogP contribution in [0.2, 0.25) is 0 Å². The van der Waals surface area contributed by atoms with Crippen molar-refractivity contribution < 1.29 is 24.5 Å². The summed E-state index contributed by atoms with van der Waals surface area (Å²) in [5, 5.41) is 7.92. The molecule has 0 saturated heterocycles. The molecule has 0 aromatic heterocycles. The maximum Gasteiger partial charge on any atom is 0.356 e. The molecule has 0 radical (unpaired) electrons. The first kappa shape index (κ1) is 9.90. The van der Waals surface area contributed by atoms with Crippen LogP contribution in [0, 0.1) is 5.92 Å². The Balaban J connectivity index is 4.15. The third-order valence-corrected chi connectivity index (χ3v) is 1.27. The highest BCUT2D eigenvalue weighted by atomic mass is 17.1. The van der Waals surface area contributed by atoms with Gasteiger partial charge in [-0.25, -0.2) is 4.79 Å². The average molecular weight is 162 g/mol. The van der Waals surface area contributed by atoms with E-state index in [-0.39, 0.29) is 6.42 Å². The maximum atomic E-state index is 10.7. The minimum absolute atomic E-state index is 0.242. The Morgan fingerprint density at radius 3 is 2.27 bits per heavy atom. The first-order valence-electron chi connectivity index (χ1n) is 3.10. The molecule has 0 fully saturated rings. The van der Waals surface area contributed by atoms with E-state index in [1.165, 1.54) is 0 Å². The van der Waals surface area contributed by atoms with Crippen molar-refractivity contribution in [3.05, 3.63) is 0 Å². The molecular weight excluding hydrogens is 152 g/mol. The smallest absolute Gasteiger partial charge is 0.356 e. The van der Waals surface area contributed by atoms with Crippen LogP contribution in [0.25, 0.3) is 0 Å². The van der Waals surface area contributed by atoms with E-state index in [0.29, 0.717) is 0 Å². The van der Waals surface area contributed by atoms with Crippen LogP contribution in [0.1, 0.15) is 13.3 Å². The molecule has 1 N–H and O–H groups in total. The Kier molecular flexibility index (Phi) is 4.21. The van der Waals surface area contributed by atoms with Gasteiger partial charge in [-0.15, -0.1) is 0 Å². The summed E-state index contributed by atoms with van der Waals surface area (Å²) in [6.07, 6.45) is 0.242. The lowest BCUT2D eigenvalue weighted by molar-refractivity contribution is -0.239. The second-order valence-electron chi connectivity index (χ2n) is 1.89. The van der Waals surface area contributed by atoms with Crippen molar-refractivity contribution in [3.8, 4) is 0 Å². The van der Waals surface area contributed by atoms with Gasteiger partial charge >= 0.3 is 11.9 Å². The molecule has 0 amide bonds. The molecule has 0 bridgehead atoms. The topological polar surface area (TPSA) is 72.8 Å². The quantitative estimate of drug-likeness (QED) is 0.278. The molecule has 0 rings (SSSR count). The molecule has 0 aromatic carbocycles. The molecule has 1 atom stereocenters. The molecule has 0 aliphatic heterocycles. The molecule has 0 heterocycles. The lowest BCUT2D eigenvalue weighted by Gasteiger charge is -2.06. The van der Waals surface area contributed by atoms with Crippen LogP contribution in [-0.4, -0.2) is 24.3 Å². The molecule has 0 saturated carbocycles. The summed E-state index contributed by atoms with van der Waals surface area (Å²) in [6, 6.07) is 0. The van der Waals surface area contributed by atoms with Gasteiger partial charge in [0.15, 0.2) is 5.92 Å². The van der Waals surface area contributed by atoms with Gasteiger partial charge in [-0.2, -0.15) is 5.26 Å². The van der Waals surface area contributed by atoms with E-state index in [9.17, 15) is 9.59 Å². The third kappa shape index (κ3) is 2.55. The fourth-order valence-electron chi connectivity index (χ4n) is 0.635. The highest BCUT2D eigenvalue weighted by Gasteiger charge is 2.27. The van der Waals surface area contributed by atoms with Crippen LogP contribution >= 0.6 is 0 Å². The fraction of sp³-hybridized carbons (Fsp3) is 0.667. The number of methoxy groups -OCH3 is 1. The summed E-state index contributed by atoms with van der Waals surface area (Å²) in [7, 11) is 1.16. The number of carbonyl (C=O) groups excluding carboxylic acids is 2. The van der Waals surface area contributed by atoms with Gasteiger partial charge in [0, 0.05) is 0 Å². The van der Waals surface area contributed by atoms with Crippen LogP contribution in [-0.2, 0) is 19.2 Å². The van der Waals surface area contributed by atoms with Crippen molar-refractivity contribution in [2.45, 2.75) is 13.3 Å². The lowest BCUT2D eigenvalue weighted by Crippen LogP contribution is -2.25. The van der Waals surface area contributed by atoms with E-state index < -0.39 is 17.9 Å². The monoisotopic (exact) mass is 162 g/mol. The zero-order chi connectivity index (χ0) is 8.85. The zero-order valence-corrected chi connectivity index (χ0v) is 6.36. The third-order valence-electron chi connectivity index (χ3n) is 1.27. The molecule has 0 aliphatic carbocycles. The minimum atomic E-state index is -1.02. The van der Waals surface area contributed by atoms with Gasteiger partial charge in [0.25, 0.3) is 0 Å². The maximum absolute atomic E-state index is 10.7. The predicted molar refractivity (Wildman–Crippen MR) is 34.5 cm³/mol. The molecule has 0 spiro atoms. The van der Waals surface area contributed by atoms with Crippen molar-refractivity contribution in [3.63, 3.8) is 0 Å². The fourth-order valence-corrected chi connectivity index (χ4v) is 0.635. The molecule has 5 heteroatoms. The van der Waals surface area contributed by atoms with Crippen molar-refractivity contribution in [1.82, 2.24) is 0 Å². The van der Waals surface area contributed by atoms with Crippen LogP contribution in [0.3, 0.4) is 0 Å². The summed E-state index contributed by atoms with van der Waals surface area (Å²) < 4.78 is 4.28. The molecule has 0 aliphatic rings. The zero-order valence-electron chi connectivity index (χ0n) is 6.36. The molecule has 11 heavy (non-hydrogen) atoms. The Bertz CT molecular complexity index is 137. The van der Waals surface area contributed by atoms with Gasteiger partial charge in [0.05, 0.1) is 7.11 Å². The van der Waals surface area contributed by atoms with E-state index in [1.807, 2.05) is 0 Å². The first-order valence-corrected chi connectivity index (χ1v) is 3.10. The molecule has 0 aromatic rings. The van der Waals surface area contributed by atoms with Crippen LogP contribution < -0.4 is 0 Å². The van der Waals surface area contributed by atoms with Crippen molar-refractivity contribution in [1.29, 1.82) is 0 Å². The summed E-state index contributed by atoms with van der Waals surface area (Å²) >= 11 is 0. The highest BCUT2D eigenvalue weighted by Crippen LogP contribution is 2.06. The summed E-state index contributed by atoms with van der Waals surface area (Å²) in [4.78, 5) is 24.7. The van der Waals surface area contributed by atoms with E-state index >= 15 is 0 Å². The van der Waals surface area contributed by atoms with E-state index in [4.69, 9.17) is 5.26 Å². The van der Waals surface area contributed by atoms with E-state index in [2.05, 4.69) is 9.62 Å². The van der Waals surface area contributed by atoms with E-state index in [1.54, 1.807) is 6.92 Å². The summed E-state index contributed by atoms with van der Waals surface area (Å²) in [5.74, 6) is -2.71. The SMILES string of the molecule is CCC(C(=O)OC)C(=O)OO. The highest BCUT2D eigenvalue weighted by molar-refractivity contribution is 5.94. The van der Waals surface area contributed by atoms with Crippen LogP contribution in [0.4, 0.5) is 0 Å². The first-order chi connectivity index (χ1) is 5.17. The molecular formula is C6H10O5. The van der Waals surface area contributed by atoms with Gasteiger partial charge in [-0.05, 0) is 6.42 Å². The minimum Gasteiger partial charge on any atom is -0.468 e. The largest absolute Gasteiger partial charge is 0.468 e. The second kappa shape index (κ2) is 4.68. The van der Waals surface area contributed by atoms with Crippen LogP contribution in [0.15, 0.2) is 0 Å². The van der Waals surface area contributed by atoms with Gasteiger partial charge in [0.2, 0.25) is 0 Å². The van der Waals surface area contributed by atoms with Crippen molar-refractivity contribution in [2.24, 2.45) is 5.92 Å². The molecule has 1 unspecified atom stereocenters. The number of rotatable bonds is 3. The van der Waals surface area contributed by atoms with E-state index in [0.717, 1.165) is 7.11 Å². The summed E-state index contributed by atoms with van der Waals surface area (Å²) in [6.45, 7) is 1.61. The van der Waals surface area contributed by atoms with Gasteiger partial charge in [-0.1, -0.05) is 6.92 Å². The van der Waals surface area contributed by atoms with Crippen molar-refractivity contribution >= 4 is 11.9 Å². The number of hydrogen-bond acceptors (Lipinski definition) is 5. The Hall–Kier alpha value is -1.10. The van der Waals surface area contributed by atoms with Gasteiger partial charge in [-0.3, -0.25) is 4.79 Å². The summed E-state index contributed by atoms with van der Waals surface area (Å²) in [5.41, 5.74) is 0. The molecule has 5 nitrogen and oxygen atoms in total. The van der Waals surface area contributed by atoms with Crippen molar-refractivity contribution in [2.75, 3.05) is 7.11 Å².